The van der Waals surface area contributed by atoms with Gasteiger partial charge in [0.1, 0.15) is 0 Å². The maximum atomic E-state index is 14.4. The van der Waals surface area contributed by atoms with Crippen LogP contribution in [0.4, 0.5) is 0 Å². The number of hydrogen-bond donors (Lipinski definition) is 2. The van der Waals surface area contributed by atoms with Crippen LogP contribution in [-0.4, -0.2) is 34.4 Å². The number of fused-ring (bicyclic) bond motifs is 2. The maximum absolute atomic E-state index is 14.4. The highest BCUT2D eigenvalue weighted by Gasteiger charge is 2.42. The van der Waals surface area contributed by atoms with Crippen molar-refractivity contribution < 1.29 is 9.59 Å². The third-order valence-corrected chi connectivity index (χ3v) is 11.6. The molecule has 6 nitrogen and oxygen atoms in total. The maximum Gasteiger partial charge on any atom is 0.252 e. The molecule has 6 aromatic rings. The molecule has 0 spiro atoms. The number of halogens is 4. The van der Waals surface area contributed by atoms with E-state index in [1.165, 1.54) is 0 Å². The van der Waals surface area contributed by atoms with E-state index in [9.17, 15) is 9.59 Å². The van der Waals surface area contributed by atoms with Crippen LogP contribution >= 0.6 is 46.4 Å². The smallest absolute Gasteiger partial charge is 0.252 e. The van der Waals surface area contributed by atoms with Crippen LogP contribution in [0.25, 0.3) is 44.3 Å². The van der Waals surface area contributed by atoms with Gasteiger partial charge in [-0.25, -0.2) is 9.97 Å². The van der Waals surface area contributed by atoms with Crippen molar-refractivity contribution in [2.75, 3.05) is 6.54 Å². The van der Waals surface area contributed by atoms with Gasteiger partial charge in [0.15, 0.2) is 0 Å². The molecule has 0 radical (unpaired) electrons. The van der Waals surface area contributed by atoms with Crippen LogP contribution in [-0.2, 0) is 0 Å². The molecule has 2 heterocycles. The lowest BCUT2D eigenvalue weighted by molar-refractivity contribution is 0.0592. The fourth-order valence-corrected chi connectivity index (χ4v) is 9.59. The first-order chi connectivity index (χ1) is 25.6. The molecular formula is C44H40Cl4N4O2. The molecule has 0 saturated heterocycles. The number of nitrogens with one attached hydrogen (secondary N) is 2. The minimum atomic E-state index is -0.314. The first-order valence-corrected chi connectivity index (χ1v) is 19.4. The normalized spacial score (nSPS) is 18.1. The zero-order chi connectivity index (χ0) is 38.5. The van der Waals surface area contributed by atoms with Gasteiger partial charge in [-0.3, -0.25) is 9.59 Å². The van der Waals surface area contributed by atoms with Gasteiger partial charge in [-0.2, -0.15) is 0 Å². The lowest BCUT2D eigenvalue weighted by Crippen LogP contribution is -2.50. The van der Waals surface area contributed by atoms with Gasteiger partial charge in [-0.15, -0.1) is 0 Å². The zero-order valence-electron chi connectivity index (χ0n) is 30.7. The van der Waals surface area contributed by atoms with Crippen molar-refractivity contribution in [2.45, 2.75) is 59.9 Å². The number of benzene rings is 4. The SMILES string of the molecule is Cc1c(-c2ccc(Cl)cc2Cl)nc2ccccc2c1C(=O)NC[C@@]1(C)C[C@@H](NC(=O)c2c(C)c(-c3ccc(Cl)cc3Cl)nc3ccccc23)CC(C)(C)C1. The number of nitrogens with zero attached hydrogens (tertiary/aromatic N) is 2. The van der Waals surface area contributed by atoms with Gasteiger partial charge in [-0.1, -0.05) is 104 Å². The van der Waals surface area contributed by atoms with Crippen molar-refractivity contribution in [1.29, 1.82) is 0 Å². The van der Waals surface area contributed by atoms with Crippen LogP contribution < -0.4 is 10.6 Å². The number of rotatable bonds is 7. The lowest BCUT2D eigenvalue weighted by atomic mass is 9.62. The number of carbonyl (C=O) groups excluding carboxylic acids is 2. The standard InChI is InChI=1S/C44H40Cl4N4O2/c1-24-37(31-10-6-8-12-35(31)51-39(24)29-16-14-26(45)18-33(29)47)41(53)49-23-44(5)21-28(20-43(3,4)22-44)50-42(54)38-25(2)40(30-17-15-27(46)19-34(30)48)52-36-13-9-7-11-32(36)38/h6-19,28H,20-23H2,1-5H3,(H,49,53)(H,50,54)/t28-,44-/m0/s1. The summed E-state index contributed by atoms with van der Waals surface area (Å²) in [5.41, 5.74) is 6.25. The summed E-state index contributed by atoms with van der Waals surface area (Å²) >= 11 is 25.7. The highest BCUT2D eigenvalue weighted by Crippen LogP contribution is 2.46. The summed E-state index contributed by atoms with van der Waals surface area (Å²) in [5, 5.41) is 10.2. The van der Waals surface area contributed by atoms with Crippen LogP contribution in [0.15, 0.2) is 84.9 Å². The van der Waals surface area contributed by atoms with Crippen molar-refractivity contribution >= 4 is 80.0 Å². The lowest BCUT2D eigenvalue weighted by Gasteiger charge is -2.47. The highest BCUT2D eigenvalue weighted by atomic mass is 35.5. The van der Waals surface area contributed by atoms with Crippen LogP contribution in [0.2, 0.25) is 20.1 Å². The van der Waals surface area contributed by atoms with Crippen molar-refractivity contribution in [1.82, 2.24) is 20.6 Å². The molecule has 1 aliphatic rings. The average molecular weight is 799 g/mol. The van der Waals surface area contributed by atoms with E-state index in [2.05, 4.69) is 31.4 Å². The number of para-hydroxylation sites is 2. The molecule has 2 aromatic heterocycles. The predicted molar refractivity (Wildman–Crippen MR) is 223 cm³/mol. The first kappa shape index (κ1) is 38.1. The molecule has 0 aliphatic heterocycles. The van der Waals surface area contributed by atoms with E-state index in [1.54, 1.807) is 24.3 Å². The Morgan fingerprint density at radius 3 is 1.67 bits per heavy atom. The van der Waals surface area contributed by atoms with Gasteiger partial charge >= 0.3 is 0 Å². The fourth-order valence-electron chi connectivity index (χ4n) is 8.60. The molecule has 4 aromatic carbocycles. The first-order valence-electron chi connectivity index (χ1n) is 17.9. The Morgan fingerprint density at radius 2 is 1.17 bits per heavy atom. The highest BCUT2D eigenvalue weighted by molar-refractivity contribution is 6.37. The van der Waals surface area contributed by atoms with Crippen molar-refractivity contribution in [2.24, 2.45) is 10.8 Å². The number of pyridine rings is 2. The predicted octanol–water partition coefficient (Wildman–Crippen LogP) is 12.1. The summed E-state index contributed by atoms with van der Waals surface area (Å²) in [7, 11) is 0. The quantitative estimate of drug-likeness (QED) is 0.168. The average Bonchev–Trinajstić information content (AvgIpc) is 3.09. The Hall–Kier alpha value is -4.20. The summed E-state index contributed by atoms with van der Waals surface area (Å²) in [6, 6.07) is 25.7. The second kappa shape index (κ2) is 14.8. The van der Waals surface area contributed by atoms with Gasteiger partial charge in [0, 0.05) is 44.5 Å². The molecule has 7 rings (SSSR count). The number of aromatic nitrogens is 2. The Kier molecular flexibility index (Phi) is 10.4. The minimum absolute atomic E-state index is 0.106. The molecule has 0 bridgehead atoms. The van der Waals surface area contributed by atoms with E-state index in [1.807, 2.05) is 74.5 Å². The molecule has 10 heteroatoms. The topological polar surface area (TPSA) is 84.0 Å². The summed E-state index contributed by atoms with van der Waals surface area (Å²) < 4.78 is 0. The van der Waals surface area contributed by atoms with Crippen LogP contribution in [0, 0.1) is 24.7 Å². The molecule has 2 amide bonds. The molecule has 2 atom stereocenters. The molecule has 276 valence electrons. The van der Waals surface area contributed by atoms with Gasteiger partial charge in [0.05, 0.1) is 43.6 Å². The molecule has 0 unspecified atom stereocenters. The molecule has 1 saturated carbocycles. The third kappa shape index (κ3) is 7.54. The van der Waals surface area contributed by atoms with Gasteiger partial charge in [0.25, 0.3) is 11.8 Å². The van der Waals surface area contributed by atoms with Crippen LogP contribution in [0.5, 0.6) is 0 Å². The summed E-state index contributed by atoms with van der Waals surface area (Å²) in [6.45, 7) is 10.9. The molecule has 1 fully saturated rings. The second-order valence-electron chi connectivity index (χ2n) is 15.6. The molecular weight excluding hydrogens is 758 g/mol. The van der Waals surface area contributed by atoms with Crippen LogP contribution in [0.1, 0.15) is 71.9 Å². The van der Waals surface area contributed by atoms with E-state index in [-0.39, 0.29) is 28.7 Å². The third-order valence-electron chi connectivity index (χ3n) is 10.6. The van der Waals surface area contributed by atoms with Crippen molar-refractivity contribution in [3.8, 4) is 22.5 Å². The molecule has 2 N–H and O–H groups in total. The zero-order valence-corrected chi connectivity index (χ0v) is 33.7. The van der Waals surface area contributed by atoms with E-state index >= 15 is 0 Å². The Labute approximate surface area is 335 Å². The van der Waals surface area contributed by atoms with E-state index in [0.29, 0.717) is 77.7 Å². The summed E-state index contributed by atoms with van der Waals surface area (Å²) in [5.74, 6) is -0.353. The van der Waals surface area contributed by atoms with Gasteiger partial charge in [0.2, 0.25) is 0 Å². The Morgan fingerprint density at radius 1 is 0.685 bits per heavy atom. The summed E-state index contributed by atoms with van der Waals surface area (Å²) in [4.78, 5) is 38.5. The Bertz CT molecular complexity index is 2480. The monoisotopic (exact) mass is 796 g/mol. The van der Waals surface area contributed by atoms with Crippen LogP contribution in [0.3, 0.4) is 0 Å². The van der Waals surface area contributed by atoms with E-state index in [0.717, 1.165) is 34.7 Å². The molecule has 1 aliphatic carbocycles. The fraction of sp³-hybridized carbons (Fsp3) is 0.273. The number of hydrogen-bond acceptors (Lipinski definition) is 4. The number of carbonyl (C=O) groups is 2. The molecule has 54 heavy (non-hydrogen) atoms. The van der Waals surface area contributed by atoms with Gasteiger partial charge < -0.3 is 10.6 Å². The second-order valence-corrected chi connectivity index (χ2v) is 17.3. The largest absolute Gasteiger partial charge is 0.351 e. The van der Waals surface area contributed by atoms with Crippen molar-refractivity contribution in [3.05, 3.63) is 127 Å². The van der Waals surface area contributed by atoms with E-state index < -0.39 is 0 Å². The summed E-state index contributed by atoms with van der Waals surface area (Å²) in [6.07, 6.45) is 2.34. The van der Waals surface area contributed by atoms with Gasteiger partial charge in [-0.05, 0) is 104 Å². The minimum Gasteiger partial charge on any atom is -0.351 e. The van der Waals surface area contributed by atoms with E-state index in [4.69, 9.17) is 56.4 Å². The number of amides is 2. The Balaban J connectivity index is 1.17. The van der Waals surface area contributed by atoms with Crippen molar-refractivity contribution in [3.63, 3.8) is 0 Å².